The Hall–Kier alpha value is -2.52. The van der Waals surface area contributed by atoms with Gasteiger partial charge in [-0.25, -0.2) is 0 Å². The van der Waals surface area contributed by atoms with Gasteiger partial charge < -0.3 is 9.47 Å². The van der Waals surface area contributed by atoms with Crippen LogP contribution >= 0.6 is 0 Å². The second-order valence-corrected chi connectivity index (χ2v) is 6.05. The molecular weight excluding hydrogens is 332 g/mol. The summed E-state index contributed by atoms with van der Waals surface area (Å²) in [4.78, 5) is 41.2. The van der Waals surface area contributed by atoms with Crippen molar-refractivity contribution in [1.29, 1.82) is 0 Å². The fourth-order valence-corrected chi connectivity index (χ4v) is 3.75. The Kier molecular flexibility index (Phi) is 4.44. The first-order valence-electron chi connectivity index (χ1n) is 7.78. The SMILES string of the molecule is COC(=O)C1(C(=O)OC)C[C@@H]2CCON2[C@H]1c1ccc([N+](=O)[O-])cc1. The van der Waals surface area contributed by atoms with Gasteiger partial charge in [0.15, 0.2) is 5.41 Å². The van der Waals surface area contributed by atoms with Crippen LogP contribution in [0.25, 0.3) is 0 Å². The number of nitrogens with zero attached hydrogens (tertiary/aromatic N) is 2. The lowest BCUT2D eigenvalue weighted by Crippen LogP contribution is -2.45. The molecule has 25 heavy (non-hydrogen) atoms. The minimum atomic E-state index is -1.58. The summed E-state index contributed by atoms with van der Waals surface area (Å²) in [5.41, 5.74) is -1.11. The van der Waals surface area contributed by atoms with E-state index in [1.54, 1.807) is 5.06 Å². The molecule has 1 aromatic carbocycles. The van der Waals surface area contributed by atoms with Crippen LogP contribution in [-0.4, -0.2) is 48.8 Å². The van der Waals surface area contributed by atoms with Crippen molar-refractivity contribution in [2.45, 2.75) is 24.9 Å². The number of methoxy groups -OCH3 is 2. The monoisotopic (exact) mass is 350 g/mol. The van der Waals surface area contributed by atoms with Crippen molar-refractivity contribution in [3.63, 3.8) is 0 Å². The van der Waals surface area contributed by atoms with Crippen molar-refractivity contribution in [2.24, 2.45) is 5.41 Å². The number of nitro benzene ring substituents is 1. The minimum Gasteiger partial charge on any atom is -0.468 e. The molecule has 0 saturated carbocycles. The van der Waals surface area contributed by atoms with Crippen molar-refractivity contribution in [2.75, 3.05) is 20.8 Å². The average molecular weight is 350 g/mol. The van der Waals surface area contributed by atoms with E-state index < -0.39 is 28.3 Å². The molecule has 9 nitrogen and oxygen atoms in total. The Bertz CT molecular complexity index is 687. The molecule has 2 atom stereocenters. The summed E-state index contributed by atoms with van der Waals surface area (Å²) >= 11 is 0. The number of nitro groups is 1. The van der Waals surface area contributed by atoms with E-state index in [2.05, 4.69) is 0 Å². The van der Waals surface area contributed by atoms with Crippen LogP contribution < -0.4 is 0 Å². The third-order valence-electron chi connectivity index (χ3n) is 4.85. The fraction of sp³-hybridized carbons (Fsp3) is 0.500. The molecule has 0 radical (unpaired) electrons. The molecular formula is C16H18N2O7. The molecule has 0 aromatic heterocycles. The quantitative estimate of drug-likeness (QED) is 0.347. The van der Waals surface area contributed by atoms with Crippen LogP contribution in [0.5, 0.6) is 0 Å². The lowest BCUT2D eigenvalue weighted by molar-refractivity contribution is -0.384. The average Bonchev–Trinajstić information content (AvgIpc) is 3.19. The topological polar surface area (TPSA) is 108 Å². The zero-order chi connectivity index (χ0) is 18.2. The van der Waals surface area contributed by atoms with E-state index in [0.717, 1.165) is 0 Å². The predicted molar refractivity (Wildman–Crippen MR) is 83.1 cm³/mol. The fourth-order valence-electron chi connectivity index (χ4n) is 3.75. The second kappa shape index (κ2) is 6.41. The normalized spacial score (nSPS) is 24.6. The molecule has 0 bridgehead atoms. The van der Waals surface area contributed by atoms with E-state index in [0.29, 0.717) is 18.6 Å². The van der Waals surface area contributed by atoms with E-state index in [1.807, 2.05) is 0 Å². The second-order valence-electron chi connectivity index (χ2n) is 6.05. The van der Waals surface area contributed by atoms with Gasteiger partial charge in [-0.2, -0.15) is 5.06 Å². The first kappa shape index (κ1) is 17.3. The molecule has 0 amide bonds. The molecule has 1 aromatic rings. The minimum absolute atomic E-state index is 0.0811. The van der Waals surface area contributed by atoms with Gasteiger partial charge in [-0.1, -0.05) is 12.1 Å². The maximum atomic E-state index is 12.6. The van der Waals surface area contributed by atoms with Gasteiger partial charge in [0.2, 0.25) is 0 Å². The molecule has 3 rings (SSSR count). The van der Waals surface area contributed by atoms with Gasteiger partial charge in [-0.3, -0.25) is 24.5 Å². The largest absolute Gasteiger partial charge is 0.468 e. The number of non-ortho nitro benzene ring substituents is 1. The number of fused-ring (bicyclic) bond motifs is 1. The standard InChI is InChI=1S/C16H18N2O7/c1-23-14(19)16(15(20)24-2)9-12-7-8-25-17(12)13(16)10-3-5-11(6-4-10)18(21)22/h3-6,12-13H,7-9H2,1-2H3/t12-,13-/m0/s1. The molecule has 2 fully saturated rings. The molecule has 0 aliphatic carbocycles. The highest BCUT2D eigenvalue weighted by Crippen LogP contribution is 2.54. The van der Waals surface area contributed by atoms with Crippen LogP contribution in [0.1, 0.15) is 24.4 Å². The summed E-state index contributed by atoms with van der Waals surface area (Å²) in [6.07, 6.45) is 0.868. The number of rotatable bonds is 4. The van der Waals surface area contributed by atoms with E-state index in [4.69, 9.17) is 14.3 Å². The van der Waals surface area contributed by atoms with Crippen LogP contribution in [0.4, 0.5) is 5.69 Å². The predicted octanol–water partition coefficient (Wildman–Crippen LogP) is 1.38. The van der Waals surface area contributed by atoms with Gasteiger partial charge in [-0.05, 0) is 18.4 Å². The number of hydrogen-bond donors (Lipinski definition) is 0. The zero-order valence-electron chi connectivity index (χ0n) is 13.8. The van der Waals surface area contributed by atoms with Gasteiger partial charge in [-0.15, -0.1) is 0 Å². The number of benzene rings is 1. The highest BCUT2D eigenvalue weighted by molar-refractivity contribution is 6.01. The van der Waals surface area contributed by atoms with E-state index in [-0.39, 0.29) is 18.2 Å². The first-order chi connectivity index (χ1) is 12.0. The lowest BCUT2D eigenvalue weighted by Gasteiger charge is -2.32. The Labute approximate surface area is 143 Å². The van der Waals surface area contributed by atoms with Gasteiger partial charge >= 0.3 is 11.9 Å². The number of hydroxylamine groups is 2. The maximum Gasteiger partial charge on any atom is 0.325 e. The third-order valence-corrected chi connectivity index (χ3v) is 4.85. The smallest absolute Gasteiger partial charge is 0.325 e. The molecule has 0 spiro atoms. The summed E-state index contributed by atoms with van der Waals surface area (Å²) in [5.74, 6) is -1.42. The molecule has 0 N–H and O–H groups in total. The summed E-state index contributed by atoms with van der Waals surface area (Å²) in [5, 5.41) is 12.5. The molecule has 2 heterocycles. The number of carbonyl (C=O) groups excluding carboxylic acids is 2. The van der Waals surface area contributed by atoms with Crippen molar-refractivity contribution in [1.82, 2.24) is 5.06 Å². The Morgan fingerprint density at radius 2 is 1.84 bits per heavy atom. The molecule has 2 aliphatic heterocycles. The van der Waals surface area contributed by atoms with Crippen LogP contribution in [0.3, 0.4) is 0 Å². The van der Waals surface area contributed by atoms with Gasteiger partial charge in [0.05, 0.1) is 31.8 Å². The third kappa shape index (κ3) is 2.56. The first-order valence-corrected chi connectivity index (χ1v) is 7.78. The number of hydrogen-bond acceptors (Lipinski definition) is 8. The highest BCUT2D eigenvalue weighted by atomic mass is 16.7. The Morgan fingerprint density at radius 1 is 1.24 bits per heavy atom. The molecule has 9 heteroatoms. The number of ether oxygens (including phenoxy) is 2. The molecule has 2 saturated heterocycles. The molecule has 134 valence electrons. The number of carbonyl (C=O) groups is 2. The summed E-state index contributed by atoms with van der Waals surface area (Å²) in [7, 11) is 2.43. The van der Waals surface area contributed by atoms with Crippen molar-refractivity contribution in [3.8, 4) is 0 Å². The Morgan fingerprint density at radius 3 is 2.36 bits per heavy atom. The van der Waals surface area contributed by atoms with E-state index in [9.17, 15) is 19.7 Å². The summed E-state index contributed by atoms with van der Waals surface area (Å²) in [6.45, 7) is 0.479. The molecule has 2 aliphatic rings. The van der Waals surface area contributed by atoms with Crippen molar-refractivity contribution in [3.05, 3.63) is 39.9 Å². The van der Waals surface area contributed by atoms with Crippen molar-refractivity contribution >= 4 is 17.6 Å². The maximum absolute atomic E-state index is 12.6. The van der Waals surface area contributed by atoms with Crippen molar-refractivity contribution < 1.29 is 28.8 Å². The summed E-state index contributed by atoms with van der Waals surface area (Å²) in [6, 6.07) is 4.79. The zero-order valence-corrected chi connectivity index (χ0v) is 13.8. The van der Waals surface area contributed by atoms with Crippen LogP contribution in [0, 0.1) is 15.5 Å². The Balaban J connectivity index is 2.11. The van der Waals surface area contributed by atoms with Crippen LogP contribution in [0.15, 0.2) is 24.3 Å². The lowest BCUT2D eigenvalue weighted by atomic mass is 9.76. The van der Waals surface area contributed by atoms with Gasteiger partial charge in [0.1, 0.15) is 0 Å². The summed E-state index contributed by atoms with van der Waals surface area (Å²) < 4.78 is 9.82. The molecule has 0 unspecified atom stereocenters. The highest BCUT2D eigenvalue weighted by Gasteiger charge is 2.65. The van der Waals surface area contributed by atoms with Crippen LogP contribution in [-0.2, 0) is 23.9 Å². The van der Waals surface area contributed by atoms with Gasteiger partial charge in [0.25, 0.3) is 5.69 Å². The van der Waals surface area contributed by atoms with E-state index >= 15 is 0 Å². The van der Waals surface area contributed by atoms with E-state index in [1.165, 1.54) is 38.5 Å². The number of esters is 2. The van der Waals surface area contributed by atoms with Crippen LogP contribution in [0.2, 0.25) is 0 Å². The van der Waals surface area contributed by atoms with Gasteiger partial charge in [0, 0.05) is 18.2 Å².